The fraction of sp³-hybridized carbons (Fsp3) is 0.417. The van der Waals surface area contributed by atoms with Crippen LogP contribution in [0.1, 0.15) is 49.5 Å². The van der Waals surface area contributed by atoms with Crippen molar-refractivity contribution in [3.05, 3.63) is 69.7 Å². The summed E-state index contributed by atoms with van der Waals surface area (Å²) >= 11 is 12.2. The average molecular weight is 495 g/mol. The summed E-state index contributed by atoms with van der Waals surface area (Å²) in [4.78, 5) is 27.6. The number of carbonyl (C=O) groups is 2. The number of benzene rings is 2. The fourth-order valence-corrected chi connectivity index (χ4v) is 4.44. The van der Waals surface area contributed by atoms with Gasteiger partial charge in [0.05, 0.1) is 18.8 Å². The molecular weight excluding hydrogens is 467 g/mol. The molecule has 0 saturated carbocycles. The van der Waals surface area contributed by atoms with Gasteiger partial charge in [0.2, 0.25) is 5.91 Å². The van der Waals surface area contributed by atoms with Crippen molar-refractivity contribution >= 4 is 35.0 Å². The predicted molar refractivity (Wildman–Crippen MR) is 126 cm³/mol. The van der Waals surface area contributed by atoms with Gasteiger partial charge in [-0.05, 0) is 41.8 Å². The van der Waals surface area contributed by atoms with Crippen LogP contribution in [0.5, 0.6) is 0 Å². The molecule has 4 N–H and O–H groups in total. The van der Waals surface area contributed by atoms with Crippen LogP contribution in [0.25, 0.3) is 0 Å². The standard InChI is InChI=1S/C24H28Cl2N2O5/c1-2-3-19(23(27)31)28-21(14-4-8-16(25)9-5-14)22(15-6-10-17(26)11-7-15)33-20(24(28)32)12-18(30)13-29/h4-11,18-22,29-30H,2-3,12-13H2,1H3,(H2,27,31)/t18-,19-,20+,21-,22+/m1/s1. The van der Waals surface area contributed by atoms with Gasteiger partial charge in [-0.1, -0.05) is 60.8 Å². The highest BCUT2D eigenvalue weighted by molar-refractivity contribution is 6.30. The van der Waals surface area contributed by atoms with Gasteiger partial charge in [-0.15, -0.1) is 0 Å². The molecule has 1 aliphatic rings. The number of rotatable bonds is 9. The quantitative estimate of drug-likeness (QED) is 0.494. The van der Waals surface area contributed by atoms with Gasteiger partial charge >= 0.3 is 0 Å². The van der Waals surface area contributed by atoms with Crippen LogP contribution in [0, 0.1) is 0 Å². The van der Waals surface area contributed by atoms with Crippen LogP contribution in [-0.4, -0.2) is 51.8 Å². The van der Waals surface area contributed by atoms with Crippen molar-refractivity contribution in [3.8, 4) is 0 Å². The third-order valence-electron chi connectivity index (χ3n) is 5.76. The summed E-state index contributed by atoms with van der Waals surface area (Å²) < 4.78 is 6.24. The molecule has 0 bridgehead atoms. The molecule has 1 heterocycles. The molecule has 2 aromatic rings. The number of carbonyl (C=O) groups excluding carboxylic acids is 2. The van der Waals surface area contributed by atoms with Gasteiger partial charge in [0.1, 0.15) is 18.2 Å². The van der Waals surface area contributed by atoms with Gasteiger partial charge in [-0.3, -0.25) is 9.59 Å². The molecule has 0 aromatic heterocycles. The SMILES string of the molecule is CCC[C@H](C(N)=O)N1C(=O)[C@H](C[C@@H](O)CO)O[C@@H](c2ccc(Cl)cc2)[C@H]1c1ccc(Cl)cc1. The first-order valence-electron chi connectivity index (χ1n) is 10.8. The summed E-state index contributed by atoms with van der Waals surface area (Å²) in [6.45, 7) is 1.38. The molecule has 3 rings (SSSR count). The number of morpholine rings is 1. The first kappa shape index (κ1) is 25.5. The summed E-state index contributed by atoms with van der Waals surface area (Å²) in [6, 6.07) is 12.4. The van der Waals surface area contributed by atoms with Crippen molar-refractivity contribution in [2.75, 3.05) is 6.61 Å². The monoisotopic (exact) mass is 494 g/mol. The van der Waals surface area contributed by atoms with Gasteiger partial charge in [0, 0.05) is 16.5 Å². The van der Waals surface area contributed by atoms with Crippen LogP contribution in [0.2, 0.25) is 10.0 Å². The van der Waals surface area contributed by atoms with Crippen molar-refractivity contribution in [2.24, 2.45) is 5.73 Å². The maximum absolute atomic E-state index is 13.6. The molecule has 0 radical (unpaired) electrons. The third kappa shape index (κ3) is 5.86. The maximum atomic E-state index is 13.6. The molecule has 0 aliphatic carbocycles. The van der Waals surface area contributed by atoms with Crippen molar-refractivity contribution in [2.45, 2.75) is 56.6 Å². The zero-order chi connectivity index (χ0) is 24.1. The Morgan fingerprint density at radius 1 is 1.09 bits per heavy atom. The lowest BCUT2D eigenvalue weighted by molar-refractivity contribution is -0.185. The van der Waals surface area contributed by atoms with E-state index in [4.69, 9.17) is 33.7 Å². The van der Waals surface area contributed by atoms with Crippen LogP contribution in [0.3, 0.4) is 0 Å². The molecule has 1 fully saturated rings. The molecule has 2 amide bonds. The van der Waals surface area contributed by atoms with Gasteiger partial charge < -0.3 is 25.6 Å². The largest absolute Gasteiger partial charge is 0.394 e. The van der Waals surface area contributed by atoms with E-state index in [1.807, 2.05) is 6.92 Å². The van der Waals surface area contributed by atoms with Crippen molar-refractivity contribution < 1.29 is 24.5 Å². The normalized spacial score (nSPS) is 22.8. The minimum absolute atomic E-state index is 0.124. The molecule has 0 spiro atoms. The lowest BCUT2D eigenvalue weighted by atomic mass is 9.88. The minimum Gasteiger partial charge on any atom is -0.394 e. The second kappa shape index (κ2) is 11.3. The number of nitrogens with zero attached hydrogens (tertiary/aromatic N) is 1. The molecule has 9 heteroatoms. The topological polar surface area (TPSA) is 113 Å². The molecule has 178 valence electrons. The van der Waals surface area contributed by atoms with Gasteiger partial charge in [-0.2, -0.15) is 0 Å². The number of halogens is 2. The summed E-state index contributed by atoms with van der Waals surface area (Å²) in [5.74, 6) is -1.09. The summed E-state index contributed by atoms with van der Waals surface area (Å²) in [5.41, 5.74) is 7.21. The Morgan fingerprint density at radius 2 is 1.64 bits per heavy atom. The van der Waals surface area contributed by atoms with E-state index in [0.717, 1.165) is 11.1 Å². The van der Waals surface area contributed by atoms with E-state index in [2.05, 4.69) is 0 Å². The second-order valence-electron chi connectivity index (χ2n) is 8.12. The summed E-state index contributed by atoms with van der Waals surface area (Å²) in [6.07, 6.45) is -2.04. The zero-order valence-electron chi connectivity index (χ0n) is 18.2. The van der Waals surface area contributed by atoms with Crippen molar-refractivity contribution in [1.29, 1.82) is 0 Å². The number of nitrogens with two attached hydrogens (primary N) is 1. The summed E-state index contributed by atoms with van der Waals surface area (Å²) in [7, 11) is 0. The number of aliphatic hydroxyl groups excluding tert-OH is 2. The van der Waals surface area contributed by atoms with Gasteiger partial charge in [0.25, 0.3) is 5.91 Å². The number of hydrogen-bond donors (Lipinski definition) is 3. The average Bonchev–Trinajstić information content (AvgIpc) is 2.80. The molecule has 2 aromatic carbocycles. The van der Waals surface area contributed by atoms with E-state index >= 15 is 0 Å². The Morgan fingerprint density at radius 3 is 2.12 bits per heavy atom. The zero-order valence-corrected chi connectivity index (χ0v) is 19.7. The van der Waals surface area contributed by atoms with E-state index in [-0.39, 0.29) is 6.42 Å². The van der Waals surface area contributed by atoms with Crippen LogP contribution in [0.4, 0.5) is 0 Å². The molecule has 1 saturated heterocycles. The van der Waals surface area contributed by atoms with Crippen LogP contribution < -0.4 is 5.73 Å². The van der Waals surface area contributed by atoms with Crippen molar-refractivity contribution in [3.63, 3.8) is 0 Å². The Hall–Kier alpha value is -2.16. The number of hydrogen-bond acceptors (Lipinski definition) is 5. The number of aliphatic hydroxyl groups is 2. The smallest absolute Gasteiger partial charge is 0.253 e. The number of ether oxygens (including phenoxy) is 1. The fourth-order valence-electron chi connectivity index (χ4n) is 4.18. The highest BCUT2D eigenvalue weighted by Crippen LogP contribution is 2.44. The maximum Gasteiger partial charge on any atom is 0.253 e. The Labute approximate surface area is 203 Å². The van der Waals surface area contributed by atoms with E-state index in [0.29, 0.717) is 22.9 Å². The Bertz CT molecular complexity index is 954. The highest BCUT2D eigenvalue weighted by Gasteiger charge is 2.48. The molecule has 1 aliphatic heterocycles. The number of primary amides is 1. The van der Waals surface area contributed by atoms with E-state index in [9.17, 15) is 19.8 Å². The Kier molecular flexibility index (Phi) is 8.73. The molecule has 5 atom stereocenters. The third-order valence-corrected chi connectivity index (χ3v) is 6.26. The van der Waals surface area contributed by atoms with E-state index in [1.165, 1.54) is 4.90 Å². The molecule has 7 nitrogen and oxygen atoms in total. The minimum atomic E-state index is -1.16. The van der Waals surface area contributed by atoms with Crippen LogP contribution in [0.15, 0.2) is 48.5 Å². The molecular formula is C24H28Cl2N2O5. The summed E-state index contributed by atoms with van der Waals surface area (Å²) in [5, 5.41) is 20.5. The van der Waals surface area contributed by atoms with Crippen LogP contribution >= 0.6 is 23.2 Å². The molecule has 0 unspecified atom stereocenters. The van der Waals surface area contributed by atoms with Crippen molar-refractivity contribution in [1.82, 2.24) is 4.90 Å². The second-order valence-corrected chi connectivity index (χ2v) is 8.99. The van der Waals surface area contributed by atoms with Gasteiger partial charge in [0.15, 0.2) is 0 Å². The lowest BCUT2D eigenvalue weighted by Crippen LogP contribution is -2.58. The van der Waals surface area contributed by atoms with Gasteiger partial charge in [-0.25, -0.2) is 0 Å². The predicted octanol–water partition coefficient (Wildman–Crippen LogP) is 3.40. The Balaban J connectivity index is 2.17. The molecule has 33 heavy (non-hydrogen) atoms. The first-order chi connectivity index (χ1) is 15.8. The lowest BCUT2D eigenvalue weighted by Gasteiger charge is -2.47. The number of amides is 2. The van der Waals surface area contributed by atoms with E-state index < -0.39 is 48.8 Å². The first-order valence-corrected chi connectivity index (χ1v) is 11.6. The van der Waals surface area contributed by atoms with Crippen LogP contribution in [-0.2, 0) is 14.3 Å². The highest BCUT2D eigenvalue weighted by atomic mass is 35.5. The van der Waals surface area contributed by atoms with E-state index in [1.54, 1.807) is 48.5 Å².